The van der Waals surface area contributed by atoms with E-state index >= 15 is 0 Å². The molecule has 0 spiro atoms. The lowest BCUT2D eigenvalue weighted by molar-refractivity contribution is 0.177. The molecule has 3 aromatic rings. The number of fused-ring (bicyclic) bond motifs is 1. The Balaban J connectivity index is 2.00. The molecular weight excluding hydrogens is 267 g/mol. The summed E-state index contributed by atoms with van der Waals surface area (Å²) in [6.07, 6.45) is -0.238. The Bertz CT molecular complexity index is 795. The van der Waals surface area contributed by atoms with Crippen LogP contribution in [-0.2, 0) is 13.5 Å². The van der Waals surface area contributed by atoms with Crippen LogP contribution in [0.3, 0.4) is 0 Å². The number of halogens is 1. The predicted octanol–water partition coefficient (Wildman–Crippen LogP) is 3.30. The molecule has 1 unspecified atom stereocenters. The monoisotopic (exact) mass is 284 g/mol. The summed E-state index contributed by atoms with van der Waals surface area (Å²) < 4.78 is 15.6. The molecule has 0 bridgehead atoms. The molecule has 0 fully saturated rings. The van der Waals surface area contributed by atoms with Crippen LogP contribution in [0, 0.1) is 12.7 Å². The van der Waals surface area contributed by atoms with Crippen molar-refractivity contribution in [3.63, 3.8) is 0 Å². The van der Waals surface area contributed by atoms with E-state index in [0.717, 1.165) is 22.3 Å². The lowest BCUT2D eigenvalue weighted by Gasteiger charge is -2.14. The van der Waals surface area contributed by atoms with E-state index in [0.29, 0.717) is 11.8 Å². The molecule has 21 heavy (non-hydrogen) atoms. The first-order valence-corrected chi connectivity index (χ1v) is 6.91. The highest BCUT2D eigenvalue weighted by Crippen LogP contribution is 2.28. The van der Waals surface area contributed by atoms with Gasteiger partial charge in [0.25, 0.3) is 0 Å². The summed E-state index contributed by atoms with van der Waals surface area (Å²) in [7, 11) is 1.86. The van der Waals surface area contributed by atoms with Gasteiger partial charge in [-0.25, -0.2) is 4.39 Å². The van der Waals surface area contributed by atoms with Crippen molar-refractivity contribution in [1.82, 2.24) is 9.78 Å². The number of benzene rings is 2. The summed E-state index contributed by atoms with van der Waals surface area (Å²) in [5.41, 5.74) is 2.61. The quantitative estimate of drug-likeness (QED) is 0.801. The fraction of sp³-hybridized carbons (Fsp3) is 0.235. The molecule has 0 radical (unpaired) electrons. The summed E-state index contributed by atoms with van der Waals surface area (Å²) in [5, 5.41) is 16.1. The molecule has 1 heterocycles. The van der Waals surface area contributed by atoms with E-state index in [1.54, 1.807) is 22.9 Å². The second-order valence-corrected chi connectivity index (χ2v) is 5.30. The smallest absolute Gasteiger partial charge is 0.131 e. The van der Waals surface area contributed by atoms with Gasteiger partial charge in [-0.1, -0.05) is 30.3 Å². The number of hydrogen-bond donors (Lipinski definition) is 1. The minimum atomic E-state index is -0.690. The Hall–Kier alpha value is -2.20. The van der Waals surface area contributed by atoms with Gasteiger partial charge >= 0.3 is 0 Å². The molecular formula is C17H17FN2O. The summed E-state index contributed by atoms with van der Waals surface area (Å²) in [5.74, 6) is -0.266. The van der Waals surface area contributed by atoms with Gasteiger partial charge in [-0.05, 0) is 30.0 Å². The number of aromatic nitrogens is 2. The van der Waals surface area contributed by atoms with Gasteiger partial charge in [0.1, 0.15) is 5.82 Å². The standard InChI is InChI=1S/C17H17FN2O/c1-11-9-12(20(2)19-11)10-17(21)15-7-8-16(18)14-6-4-3-5-13(14)15/h3-9,17,21H,10H2,1-2H3. The van der Waals surface area contributed by atoms with Crippen LogP contribution in [-0.4, -0.2) is 14.9 Å². The molecule has 1 atom stereocenters. The fourth-order valence-corrected chi connectivity index (χ4v) is 2.74. The van der Waals surface area contributed by atoms with Gasteiger partial charge in [0.15, 0.2) is 0 Å². The molecule has 0 saturated carbocycles. The average Bonchev–Trinajstić information content (AvgIpc) is 2.77. The van der Waals surface area contributed by atoms with Crippen LogP contribution in [0.4, 0.5) is 4.39 Å². The third kappa shape index (κ3) is 2.54. The zero-order valence-electron chi connectivity index (χ0n) is 12.0. The molecule has 0 saturated heterocycles. The third-order valence-electron chi connectivity index (χ3n) is 3.76. The van der Waals surface area contributed by atoms with E-state index in [-0.39, 0.29) is 5.82 Å². The predicted molar refractivity (Wildman–Crippen MR) is 80.5 cm³/mol. The Morgan fingerprint density at radius 3 is 2.57 bits per heavy atom. The Kier molecular flexibility index (Phi) is 3.47. The largest absolute Gasteiger partial charge is 0.388 e. The zero-order valence-corrected chi connectivity index (χ0v) is 12.0. The van der Waals surface area contributed by atoms with Gasteiger partial charge in [0.2, 0.25) is 0 Å². The Morgan fingerprint density at radius 1 is 1.19 bits per heavy atom. The SMILES string of the molecule is Cc1cc(CC(O)c2ccc(F)c3ccccc23)n(C)n1. The molecule has 0 aliphatic carbocycles. The van der Waals surface area contributed by atoms with E-state index in [1.807, 2.05) is 32.2 Å². The van der Waals surface area contributed by atoms with E-state index < -0.39 is 6.10 Å². The number of nitrogens with zero attached hydrogens (tertiary/aromatic N) is 2. The third-order valence-corrected chi connectivity index (χ3v) is 3.76. The van der Waals surface area contributed by atoms with Crippen molar-refractivity contribution < 1.29 is 9.50 Å². The van der Waals surface area contributed by atoms with E-state index in [9.17, 15) is 9.50 Å². The van der Waals surface area contributed by atoms with Crippen molar-refractivity contribution in [3.8, 4) is 0 Å². The Labute approximate surface area is 122 Å². The number of aliphatic hydroxyl groups is 1. The minimum absolute atomic E-state index is 0.266. The lowest BCUT2D eigenvalue weighted by atomic mass is 9.97. The molecule has 108 valence electrons. The van der Waals surface area contributed by atoms with E-state index in [4.69, 9.17) is 0 Å². The fourth-order valence-electron chi connectivity index (χ4n) is 2.74. The minimum Gasteiger partial charge on any atom is -0.388 e. The van der Waals surface area contributed by atoms with Crippen LogP contribution in [0.15, 0.2) is 42.5 Å². The Morgan fingerprint density at radius 2 is 1.90 bits per heavy atom. The number of aliphatic hydroxyl groups excluding tert-OH is 1. The average molecular weight is 284 g/mol. The summed E-state index contributed by atoms with van der Waals surface area (Å²) in [4.78, 5) is 0. The van der Waals surface area contributed by atoms with Crippen molar-refractivity contribution >= 4 is 10.8 Å². The van der Waals surface area contributed by atoms with Gasteiger partial charge < -0.3 is 5.11 Å². The number of aryl methyl sites for hydroxylation is 2. The first-order valence-electron chi connectivity index (χ1n) is 6.91. The molecule has 0 aliphatic heterocycles. The maximum Gasteiger partial charge on any atom is 0.131 e. The molecule has 0 amide bonds. The molecule has 2 aromatic carbocycles. The van der Waals surface area contributed by atoms with Crippen molar-refractivity contribution in [2.24, 2.45) is 7.05 Å². The highest BCUT2D eigenvalue weighted by Gasteiger charge is 2.15. The van der Waals surface area contributed by atoms with Gasteiger partial charge in [-0.3, -0.25) is 4.68 Å². The number of rotatable bonds is 3. The van der Waals surface area contributed by atoms with Gasteiger partial charge in [0, 0.05) is 24.5 Å². The number of hydrogen-bond acceptors (Lipinski definition) is 2. The summed E-state index contributed by atoms with van der Waals surface area (Å²) in [6.45, 7) is 1.92. The normalized spacial score (nSPS) is 12.8. The van der Waals surface area contributed by atoms with Crippen molar-refractivity contribution in [2.75, 3.05) is 0 Å². The summed E-state index contributed by atoms with van der Waals surface area (Å²) >= 11 is 0. The maximum absolute atomic E-state index is 13.8. The molecule has 0 aliphatic rings. The molecule has 3 rings (SSSR count). The van der Waals surface area contributed by atoms with E-state index in [2.05, 4.69) is 5.10 Å². The highest BCUT2D eigenvalue weighted by molar-refractivity contribution is 5.86. The van der Waals surface area contributed by atoms with Gasteiger partial charge in [-0.15, -0.1) is 0 Å². The first-order chi connectivity index (χ1) is 10.1. The van der Waals surface area contributed by atoms with Crippen molar-refractivity contribution in [1.29, 1.82) is 0 Å². The molecule has 1 aromatic heterocycles. The second kappa shape index (κ2) is 5.30. The van der Waals surface area contributed by atoms with Crippen LogP contribution in [0.2, 0.25) is 0 Å². The first kappa shape index (κ1) is 13.8. The molecule has 1 N–H and O–H groups in total. The zero-order chi connectivity index (χ0) is 15.0. The van der Waals surface area contributed by atoms with Crippen LogP contribution in [0.25, 0.3) is 10.8 Å². The topological polar surface area (TPSA) is 38.0 Å². The van der Waals surface area contributed by atoms with Crippen LogP contribution in [0.5, 0.6) is 0 Å². The summed E-state index contributed by atoms with van der Waals surface area (Å²) in [6, 6.07) is 12.2. The second-order valence-electron chi connectivity index (χ2n) is 5.30. The van der Waals surface area contributed by atoms with E-state index in [1.165, 1.54) is 6.07 Å². The van der Waals surface area contributed by atoms with Crippen molar-refractivity contribution in [3.05, 3.63) is 65.2 Å². The van der Waals surface area contributed by atoms with Crippen LogP contribution in [0.1, 0.15) is 23.1 Å². The lowest BCUT2D eigenvalue weighted by Crippen LogP contribution is -2.07. The van der Waals surface area contributed by atoms with Crippen molar-refractivity contribution in [2.45, 2.75) is 19.4 Å². The van der Waals surface area contributed by atoms with Gasteiger partial charge in [-0.2, -0.15) is 5.10 Å². The maximum atomic E-state index is 13.8. The van der Waals surface area contributed by atoms with Crippen LogP contribution < -0.4 is 0 Å². The van der Waals surface area contributed by atoms with Crippen LogP contribution >= 0.6 is 0 Å². The highest BCUT2D eigenvalue weighted by atomic mass is 19.1. The molecule has 3 nitrogen and oxygen atoms in total. The molecule has 4 heteroatoms. The van der Waals surface area contributed by atoms with Gasteiger partial charge in [0.05, 0.1) is 11.8 Å².